The average molecular weight is 381 g/mol. The van der Waals surface area contributed by atoms with Crippen molar-refractivity contribution in [2.24, 2.45) is 0 Å². The second-order valence-electron chi connectivity index (χ2n) is 5.77. The maximum Gasteiger partial charge on any atom is 0.251 e. The summed E-state index contributed by atoms with van der Waals surface area (Å²) in [6.07, 6.45) is 0.681. The summed E-state index contributed by atoms with van der Waals surface area (Å²) in [6.45, 7) is 4.02. The minimum Gasteiger partial charge on any atom is -0.348 e. The van der Waals surface area contributed by atoms with E-state index >= 15 is 0 Å². The van der Waals surface area contributed by atoms with Crippen LogP contribution in [0, 0.1) is 0 Å². The molecule has 2 N–H and O–H groups in total. The molecule has 0 aromatic heterocycles. The topological polar surface area (TPSA) is 75.3 Å². The molecule has 0 saturated carbocycles. The molecule has 0 heterocycles. The van der Waals surface area contributed by atoms with Gasteiger partial charge in [-0.3, -0.25) is 4.79 Å². The molecule has 0 radical (unpaired) electrons. The van der Waals surface area contributed by atoms with Gasteiger partial charge < -0.3 is 5.32 Å². The molecule has 0 fully saturated rings. The lowest BCUT2D eigenvalue weighted by molar-refractivity contribution is 0.0950. The Kier molecular flexibility index (Phi) is 6.58. The van der Waals surface area contributed by atoms with Gasteiger partial charge in [-0.05, 0) is 49.2 Å². The Morgan fingerprint density at radius 1 is 1.16 bits per heavy atom. The predicted octanol–water partition coefficient (Wildman–Crippen LogP) is 3.35. The number of sulfonamides is 1. The maximum absolute atomic E-state index is 12.3. The van der Waals surface area contributed by atoms with Crippen LogP contribution in [0.2, 0.25) is 5.02 Å². The van der Waals surface area contributed by atoms with Crippen molar-refractivity contribution in [2.45, 2.75) is 37.8 Å². The summed E-state index contributed by atoms with van der Waals surface area (Å²) in [7, 11) is -3.64. The van der Waals surface area contributed by atoms with Gasteiger partial charge in [0.05, 0.1) is 4.90 Å². The molecule has 1 amide bonds. The molecule has 0 aliphatic carbocycles. The van der Waals surface area contributed by atoms with Crippen molar-refractivity contribution in [1.29, 1.82) is 0 Å². The lowest BCUT2D eigenvalue weighted by Crippen LogP contribution is -2.32. The number of hydrogen-bond donors (Lipinski definition) is 2. The lowest BCUT2D eigenvalue weighted by Gasteiger charge is -2.13. The molecule has 1 unspecified atom stereocenters. The Morgan fingerprint density at radius 2 is 1.84 bits per heavy atom. The van der Waals surface area contributed by atoms with E-state index in [1.54, 1.807) is 31.2 Å². The molecule has 2 rings (SSSR count). The molecule has 0 saturated heterocycles. The number of hydrogen-bond acceptors (Lipinski definition) is 3. The first kappa shape index (κ1) is 19.4. The van der Waals surface area contributed by atoms with Crippen LogP contribution in [0.5, 0.6) is 0 Å². The molecule has 5 nitrogen and oxygen atoms in total. The number of amides is 1. The van der Waals surface area contributed by atoms with Crippen molar-refractivity contribution < 1.29 is 13.2 Å². The molecule has 2 aromatic rings. The Labute approximate surface area is 153 Å². The van der Waals surface area contributed by atoms with Gasteiger partial charge in [-0.15, -0.1) is 0 Å². The number of benzene rings is 2. The lowest BCUT2D eigenvalue weighted by atomic mass is 10.2. The van der Waals surface area contributed by atoms with E-state index < -0.39 is 10.0 Å². The van der Waals surface area contributed by atoms with Crippen molar-refractivity contribution >= 4 is 27.5 Å². The SMILES string of the molecule is CCC(C)NS(=O)(=O)c1cccc(C(=O)NCc2ccc(Cl)cc2)c1. The standard InChI is InChI=1S/C18H21ClN2O3S/c1-3-13(2)21-25(23,24)17-6-4-5-15(11-17)18(22)20-12-14-7-9-16(19)10-8-14/h4-11,13,21H,3,12H2,1-2H3,(H,20,22). The maximum atomic E-state index is 12.3. The molecule has 0 spiro atoms. The highest BCUT2D eigenvalue weighted by atomic mass is 35.5. The predicted molar refractivity (Wildman–Crippen MR) is 99.1 cm³/mol. The van der Waals surface area contributed by atoms with Crippen molar-refractivity contribution in [3.8, 4) is 0 Å². The van der Waals surface area contributed by atoms with Crippen molar-refractivity contribution in [1.82, 2.24) is 10.0 Å². The van der Waals surface area contributed by atoms with Gasteiger partial charge in [0, 0.05) is 23.2 Å². The van der Waals surface area contributed by atoms with Crippen LogP contribution in [-0.4, -0.2) is 20.4 Å². The number of rotatable bonds is 7. The number of carbonyl (C=O) groups excluding carboxylic acids is 1. The molecular formula is C18H21ClN2O3S. The fourth-order valence-electron chi connectivity index (χ4n) is 2.11. The number of nitrogens with one attached hydrogen (secondary N) is 2. The van der Waals surface area contributed by atoms with E-state index in [4.69, 9.17) is 11.6 Å². The van der Waals surface area contributed by atoms with Crippen LogP contribution >= 0.6 is 11.6 Å². The van der Waals surface area contributed by atoms with Crippen molar-refractivity contribution in [2.75, 3.05) is 0 Å². The number of carbonyl (C=O) groups is 1. The van der Waals surface area contributed by atoms with Crippen LogP contribution in [0.1, 0.15) is 36.2 Å². The van der Waals surface area contributed by atoms with Crippen molar-refractivity contribution in [3.05, 3.63) is 64.7 Å². The molecule has 0 bridgehead atoms. The highest BCUT2D eigenvalue weighted by Crippen LogP contribution is 2.13. The minimum absolute atomic E-state index is 0.0759. The van der Waals surface area contributed by atoms with Gasteiger partial charge in [0.1, 0.15) is 0 Å². The molecule has 2 aromatic carbocycles. The smallest absolute Gasteiger partial charge is 0.251 e. The van der Waals surface area contributed by atoms with Crippen LogP contribution in [0.3, 0.4) is 0 Å². The van der Waals surface area contributed by atoms with Crippen LogP contribution in [0.4, 0.5) is 0 Å². The second kappa shape index (κ2) is 8.47. The Balaban J connectivity index is 2.09. The van der Waals surface area contributed by atoms with Gasteiger partial charge >= 0.3 is 0 Å². The van der Waals surface area contributed by atoms with Gasteiger partial charge in [-0.1, -0.05) is 36.7 Å². The molecule has 134 valence electrons. The zero-order chi connectivity index (χ0) is 18.4. The second-order valence-corrected chi connectivity index (χ2v) is 7.92. The summed E-state index contributed by atoms with van der Waals surface area (Å²) >= 11 is 5.83. The summed E-state index contributed by atoms with van der Waals surface area (Å²) in [5, 5.41) is 3.39. The van der Waals surface area contributed by atoms with Gasteiger partial charge in [0.25, 0.3) is 5.91 Å². The van der Waals surface area contributed by atoms with Gasteiger partial charge in [-0.2, -0.15) is 0 Å². The van der Waals surface area contributed by atoms with E-state index in [9.17, 15) is 13.2 Å². The van der Waals surface area contributed by atoms with Crippen LogP contribution in [0.15, 0.2) is 53.4 Å². The first-order chi connectivity index (χ1) is 11.8. The molecule has 0 aliphatic rings. The highest BCUT2D eigenvalue weighted by Gasteiger charge is 2.18. The summed E-state index contributed by atoms with van der Waals surface area (Å²) in [6, 6.07) is 12.9. The molecule has 25 heavy (non-hydrogen) atoms. The highest BCUT2D eigenvalue weighted by molar-refractivity contribution is 7.89. The van der Waals surface area contributed by atoms with Crippen LogP contribution in [0.25, 0.3) is 0 Å². The minimum atomic E-state index is -3.64. The van der Waals surface area contributed by atoms with E-state index in [1.807, 2.05) is 19.1 Å². The average Bonchev–Trinajstić information content (AvgIpc) is 2.60. The van der Waals surface area contributed by atoms with Gasteiger partial charge in [0.15, 0.2) is 0 Å². The van der Waals surface area contributed by atoms with Gasteiger partial charge in [-0.25, -0.2) is 13.1 Å². The Morgan fingerprint density at radius 3 is 2.48 bits per heavy atom. The number of halogens is 1. The van der Waals surface area contributed by atoms with E-state index in [2.05, 4.69) is 10.0 Å². The van der Waals surface area contributed by atoms with Crippen LogP contribution in [-0.2, 0) is 16.6 Å². The van der Waals surface area contributed by atoms with Gasteiger partial charge in [0.2, 0.25) is 10.0 Å². The Hall–Kier alpha value is -1.89. The molecule has 7 heteroatoms. The third-order valence-corrected chi connectivity index (χ3v) is 5.58. The summed E-state index contributed by atoms with van der Waals surface area (Å²) in [5.74, 6) is -0.337. The molecule has 1 atom stereocenters. The first-order valence-corrected chi connectivity index (χ1v) is 9.83. The van der Waals surface area contributed by atoms with Crippen molar-refractivity contribution in [3.63, 3.8) is 0 Å². The quantitative estimate of drug-likeness (QED) is 0.773. The summed E-state index contributed by atoms with van der Waals surface area (Å²) < 4.78 is 27.2. The van der Waals surface area contributed by atoms with E-state index in [1.165, 1.54) is 12.1 Å². The summed E-state index contributed by atoms with van der Waals surface area (Å²) in [4.78, 5) is 12.4. The fraction of sp³-hybridized carbons (Fsp3) is 0.278. The normalized spacial score (nSPS) is 12.6. The third-order valence-electron chi connectivity index (χ3n) is 3.74. The van der Waals surface area contributed by atoms with E-state index in [-0.39, 0.29) is 16.8 Å². The van der Waals surface area contributed by atoms with Crippen LogP contribution < -0.4 is 10.0 Å². The van der Waals surface area contributed by atoms with E-state index in [0.717, 1.165) is 5.56 Å². The van der Waals surface area contributed by atoms with E-state index in [0.29, 0.717) is 23.6 Å². The fourth-order valence-corrected chi connectivity index (χ4v) is 3.61. The zero-order valence-corrected chi connectivity index (χ0v) is 15.7. The zero-order valence-electron chi connectivity index (χ0n) is 14.1. The summed E-state index contributed by atoms with van der Waals surface area (Å²) in [5.41, 5.74) is 1.20. The Bertz CT molecular complexity index is 836. The largest absolute Gasteiger partial charge is 0.348 e. The third kappa shape index (κ3) is 5.56. The first-order valence-electron chi connectivity index (χ1n) is 7.97. The molecular weight excluding hydrogens is 360 g/mol. The molecule has 0 aliphatic heterocycles. The monoisotopic (exact) mass is 380 g/mol.